The zero-order chi connectivity index (χ0) is 9.07. The van der Waals surface area contributed by atoms with Crippen molar-refractivity contribution in [1.29, 1.82) is 0 Å². The summed E-state index contributed by atoms with van der Waals surface area (Å²) in [6, 6.07) is 0. The van der Waals surface area contributed by atoms with Crippen LogP contribution in [0.4, 0.5) is 0 Å². The molecule has 13 heavy (non-hydrogen) atoms. The third-order valence-corrected chi connectivity index (χ3v) is 1.11. The van der Waals surface area contributed by atoms with Gasteiger partial charge in [0, 0.05) is 0 Å². The Morgan fingerprint density at radius 1 is 0.385 bits per heavy atom. The van der Waals surface area contributed by atoms with E-state index in [2.05, 4.69) is 13.2 Å². The Morgan fingerprint density at radius 2 is 0.462 bits per heavy atom. The molecule has 0 N–H and O–H groups in total. The number of hydrogen-bond donors (Lipinski definition) is 0. The fraction of sp³-hybridized carbons (Fsp3) is 0. The first-order valence-corrected chi connectivity index (χ1v) is 3.83. The fourth-order valence-corrected chi connectivity index (χ4v) is 0.642. The third kappa shape index (κ3) is 12.6. The average Bonchev–Trinajstić information content (AvgIpc) is 2.87. The van der Waals surface area contributed by atoms with Crippen LogP contribution in [0.15, 0.2) is 13.2 Å². The van der Waals surface area contributed by atoms with Crippen LogP contribution in [-0.2, 0) is 26.2 Å². The molecule has 64 valence electrons. The van der Waals surface area contributed by atoms with Gasteiger partial charge in [-0.05, 0) is 64.2 Å². The minimum Gasteiger partial charge on any atom is -0.106 e. The van der Waals surface area contributed by atoms with Gasteiger partial charge in [0.05, 0.1) is 0 Å². The summed E-state index contributed by atoms with van der Waals surface area (Å²) in [6.45, 7) is 6.00. The second kappa shape index (κ2) is 15.1. The van der Waals surface area contributed by atoms with E-state index < -0.39 is 0 Å². The summed E-state index contributed by atoms with van der Waals surface area (Å²) < 4.78 is 0. The van der Waals surface area contributed by atoms with E-state index in [1.807, 2.05) is 64.2 Å². The zero-order valence-electron chi connectivity index (χ0n) is 7.69. The van der Waals surface area contributed by atoms with Crippen molar-refractivity contribution in [3.05, 3.63) is 77.4 Å². The maximum absolute atomic E-state index is 3.00. The smallest absolute Gasteiger partial charge is 0.106 e. The van der Waals surface area contributed by atoms with Gasteiger partial charge in [-0.1, -0.05) is 0 Å². The van der Waals surface area contributed by atoms with Gasteiger partial charge in [-0.2, -0.15) is 0 Å². The van der Waals surface area contributed by atoms with E-state index in [4.69, 9.17) is 0 Å². The molecule has 0 spiro atoms. The molecule has 2 aliphatic rings. The van der Waals surface area contributed by atoms with Crippen LogP contribution in [-0.4, -0.2) is 0 Å². The maximum Gasteiger partial charge on any atom is 2.00 e. The van der Waals surface area contributed by atoms with E-state index >= 15 is 0 Å². The molecule has 0 aliphatic heterocycles. The molecule has 1 heteroatoms. The monoisotopic (exact) mass is 248 g/mol. The van der Waals surface area contributed by atoms with E-state index in [-0.39, 0.29) is 26.2 Å². The summed E-state index contributed by atoms with van der Waals surface area (Å²) in [6.07, 6.45) is 20.0. The van der Waals surface area contributed by atoms with Crippen molar-refractivity contribution in [2.24, 2.45) is 0 Å². The van der Waals surface area contributed by atoms with E-state index in [1.165, 1.54) is 0 Å². The molecule has 10 radical (unpaired) electrons. The minimum absolute atomic E-state index is 0. The van der Waals surface area contributed by atoms with Crippen LogP contribution < -0.4 is 0 Å². The summed E-state index contributed by atoms with van der Waals surface area (Å²) in [4.78, 5) is 0. The van der Waals surface area contributed by atoms with Crippen molar-refractivity contribution >= 4 is 0 Å². The molecule has 2 fully saturated rings. The quantitative estimate of drug-likeness (QED) is 0.579. The van der Waals surface area contributed by atoms with Gasteiger partial charge in [0.15, 0.2) is 0 Å². The molecular weight excluding hydrogens is 235 g/mol. The van der Waals surface area contributed by atoms with Gasteiger partial charge >= 0.3 is 26.2 Å². The first-order valence-electron chi connectivity index (χ1n) is 3.83. The Labute approximate surface area is 103 Å². The van der Waals surface area contributed by atoms with Crippen LogP contribution in [0, 0.1) is 64.2 Å². The van der Waals surface area contributed by atoms with Crippen LogP contribution in [0.1, 0.15) is 0 Å². The molecule has 0 unspecified atom stereocenters. The van der Waals surface area contributed by atoms with E-state index in [0.29, 0.717) is 0 Å². The molecule has 0 atom stereocenters. The molecule has 0 bridgehead atoms. The van der Waals surface area contributed by atoms with Gasteiger partial charge in [-0.25, -0.2) is 0 Å². The molecule has 0 aromatic heterocycles. The minimum atomic E-state index is 0. The Hall–Kier alpha value is 0.623. The standard InChI is InChI=1S/2C5H5.C2H4.Zr/c2*1-2-4-5-3-1;1-2;/h2*1-5H;1-2H2;/q;;;+2. The van der Waals surface area contributed by atoms with Crippen molar-refractivity contribution in [2.75, 3.05) is 0 Å². The molecule has 2 aliphatic carbocycles. The van der Waals surface area contributed by atoms with Gasteiger partial charge in [-0.3, -0.25) is 0 Å². The van der Waals surface area contributed by atoms with Crippen LogP contribution in [0.2, 0.25) is 0 Å². The third-order valence-electron chi connectivity index (χ3n) is 1.11. The van der Waals surface area contributed by atoms with Crippen molar-refractivity contribution in [3.8, 4) is 0 Å². The molecule has 0 heterocycles. The van der Waals surface area contributed by atoms with Crippen LogP contribution in [0.3, 0.4) is 0 Å². The molecule has 0 aromatic carbocycles. The molecule has 2 rings (SSSR count). The Morgan fingerprint density at radius 3 is 0.538 bits per heavy atom. The Kier molecular flexibility index (Phi) is 18.7. The normalized spacial score (nSPS) is 18.8. The molecule has 0 aromatic rings. The second-order valence-electron chi connectivity index (χ2n) is 1.92. The van der Waals surface area contributed by atoms with Crippen molar-refractivity contribution in [1.82, 2.24) is 0 Å². The van der Waals surface area contributed by atoms with Crippen LogP contribution in [0.25, 0.3) is 0 Å². The van der Waals surface area contributed by atoms with Crippen LogP contribution >= 0.6 is 0 Å². The first kappa shape index (κ1) is 16.1. The number of rotatable bonds is 0. The predicted molar refractivity (Wildman–Crippen MR) is 54.3 cm³/mol. The van der Waals surface area contributed by atoms with Crippen LogP contribution in [0.5, 0.6) is 0 Å². The number of hydrogen-bond acceptors (Lipinski definition) is 0. The largest absolute Gasteiger partial charge is 2.00 e. The predicted octanol–water partition coefficient (Wildman–Crippen LogP) is 2.84. The van der Waals surface area contributed by atoms with E-state index in [9.17, 15) is 0 Å². The molecule has 0 amide bonds. The van der Waals surface area contributed by atoms with Gasteiger partial charge in [0.1, 0.15) is 0 Å². The summed E-state index contributed by atoms with van der Waals surface area (Å²) in [7, 11) is 0. The summed E-state index contributed by atoms with van der Waals surface area (Å²) in [5, 5.41) is 0. The topological polar surface area (TPSA) is 0 Å². The SMILES string of the molecule is C=C.[CH]1[CH][CH][CH][CH]1.[CH]1[CH][CH][CH][CH]1.[Zr+2]. The summed E-state index contributed by atoms with van der Waals surface area (Å²) in [5.74, 6) is 0. The summed E-state index contributed by atoms with van der Waals surface area (Å²) in [5.41, 5.74) is 0. The molecule has 0 saturated heterocycles. The average molecular weight is 249 g/mol. The van der Waals surface area contributed by atoms with Crippen molar-refractivity contribution in [3.63, 3.8) is 0 Å². The fourth-order valence-electron chi connectivity index (χ4n) is 0.642. The molecule has 2 saturated carbocycles. The Balaban J connectivity index is 0. The van der Waals surface area contributed by atoms with Gasteiger partial charge in [0.25, 0.3) is 0 Å². The van der Waals surface area contributed by atoms with Gasteiger partial charge < -0.3 is 0 Å². The van der Waals surface area contributed by atoms with Crippen molar-refractivity contribution < 1.29 is 26.2 Å². The maximum atomic E-state index is 3.00. The first-order chi connectivity index (χ1) is 6.00. The van der Waals surface area contributed by atoms with E-state index in [0.717, 1.165) is 0 Å². The second-order valence-corrected chi connectivity index (χ2v) is 1.92. The van der Waals surface area contributed by atoms with E-state index in [1.54, 1.807) is 0 Å². The molecule has 0 nitrogen and oxygen atoms in total. The summed E-state index contributed by atoms with van der Waals surface area (Å²) >= 11 is 0. The Bertz CT molecular complexity index is 48.0. The van der Waals surface area contributed by atoms with Gasteiger partial charge in [0.2, 0.25) is 0 Å². The molecular formula is C12H14Zr+2. The van der Waals surface area contributed by atoms with Crippen molar-refractivity contribution in [2.45, 2.75) is 0 Å². The van der Waals surface area contributed by atoms with Gasteiger partial charge in [-0.15, -0.1) is 13.2 Å². The zero-order valence-corrected chi connectivity index (χ0v) is 10.1.